The summed E-state index contributed by atoms with van der Waals surface area (Å²) in [6.45, 7) is 28.6. The fourth-order valence-corrected chi connectivity index (χ4v) is 6.13. The SMILES string of the molecule is CC(C)(C)OC(=O)CCO[C@@H]1[C@H](OCCC(=O)OC(C)(C)C)C=C(C(=O)NCCCCCCO[Si](C)(C)C(C)(C)C)C[C@H]1OCCC(=O)OC(C)(C)C. The van der Waals surface area contributed by atoms with Gasteiger partial charge in [0.25, 0.3) is 0 Å². The van der Waals surface area contributed by atoms with Gasteiger partial charge in [-0.1, -0.05) is 33.6 Å². The molecule has 1 aliphatic carbocycles. The maximum Gasteiger partial charge on any atom is 0.308 e. The molecule has 0 saturated heterocycles. The second kappa shape index (κ2) is 21.7. The van der Waals surface area contributed by atoms with Crippen molar-refractivity contribution in [2.75, 3.05) is 33.0 Å². The van der Waals surface area contributed by atoms with Crippen molar-refractivity contribution >= 4 is 32.1 Å². The molecule has 13 heteroatoms. The minimum Gasteiger partial charge on any atom is -0.460 e. The Morgan fingerprint density at radius 3 is 1.57 bits per heavy atom. The van der Waals surface area contributed by atoms with Gasteiger partial charge in [-0.05, 0) is 99.4 Å². The number of hydrogen-bond acceptors (Lipinski definition) is 11. The third-order valence-corrected chi connectivity index (χ3v) is 13.1. The van der Waals surface area contributed by atoms with Crippen molar-refractivity contribution in [3.63, 3.8) is 0 Å². The van der Waals surface area contributed by atoms with E-state index in [1.807, 2.05) is 0 Å². The minimum atomic E-state index is -1.76. The van der Waals surface area contributed by atoms with Gasteiger partial charge in [-0.2, -0.15) is 0 Å². The highest BCUT2D eigenvalue weighted by Crippen LogP contribution is 2.36. The number of carbonyl (C=O) groups is 4. The Bertz CT molecular complexity index is 1190. The summed E-state index contributed by atoms with van der Waals surface area (Å²) >= 11 is 0. The predicted molar refractivity (Wildman–Crippen MR) is 208 cm³/mol. The molecule has 308 valence electrons. The van der Waals surface area contributed by atoms with E-state index in [9.17, 15) is 19.2 Å². The molecule has 0 aliphatic heterocycles. The molecule has 1 amide bonds. The van der Waals surface area contributed by atoms with Gasteiger partial charge in [-0.3, -0.25) is 19.2 Å². The number of unbranched alkanes of at least 4 members (excludes halogenated alkanes) is 3. The Balaban J connectivity index is 3.04. The molecule has 0 spiro atoms. The Labute approximate surface area is 321 Å². The maximum absolute atomic E-state index is 13.5. The van der Waals surface area contributed by atoms with E-state index in [0.29, 0.717) is 12.1 Å². The monoisotopic (exact) mass is 771 g/mol. The summed E-state index contributed by atoms with van der Waals surface area (Å²) in [5.74, 6) is -1.51. The number of esters is 3. The number of rotatable bonds is 21. The van der Waals surface area contributed by atoms with Crippen LogP contribution in [0.4, 0.5) is 0 Å². The minimum absolute atomic E-state index is 0.000666. The van der Waals surface area contributed by atoms with Crippen molar-refractivity contribution in [1.82, 2.24) is 5.32 Å². The first kappa shape index (κ1) is 48.7. The highest BCUT2D eigenvalue weighted by molar-refractivity contribution is 6.74. The van der Waals surface area contributed by atoms with Crippen molar-refractivity contribution in [3.05, 3.63) is 11.6 Å². The molecular formula is C40H73NO11Si. The van der Waals surface area contributed by atoms with E-state index in [4.69, 9.17) is 32.8 Å². The van der Waals surface area contributed by atoms with Crippen LogP contribution in [-0.4, -0.2) is 100 Å². The standard InChI is InChI=1S/C40H73NO11Si/c1-37(2,3)50-32(42)19-24-46-30-27-29(36(45)41-22-17-15-16-18-23-49-53(13,14)40(10,11)12)28-31(47-25-20-33(43)51-38(4,5)6)35(30)48-26-21-34(44)52-39(7,8)9/h27,30-31,35H,15-26,28H2,1-14H3,(H,41,45)/t30-,31-,35-/m1/s1. The van der Waals surface area contributed by atoms with Crippen LogP contribution < -0.4 is 5.32 Å². The second-order valence-electron chi connectivity index (χ2n) is 18.3. The molecule has 0 aromatic rings. The molecular weight excluding hydrogens is 699 g/mol. The predicted octanol–water partition coefficient (Wildman–Crippen LogP) is 7.37. The Morgan fingerprint density at radius 1 is 0.642 bits per heavy atom. The largest absolute Gasteiger partial charge is 0.460 e. The van der Waals surface area contributed by atoms with E-state index in [-0.39, 0.29) is 56.4 Å². The molecule has 0 fully saturated rings. The van der Waals surface area contributed by atoms with Crippen LogP contribution in [0.1, 0.15) is 134 Å². The van der Waals surface area contributed by atoms with Gasteiger partial charge >= 0.3 is 17.9 Å². The molecule has 1 rings (SSSR count). The summed E-state index contributed by atoms with van der Waals surface area (Å²) in [5, 5.41) is 3.21. The van der Waals surface area contributed by atoms with Gasteiger partial charge in [0.05, 0.1) is 45.2 Å². The molecule has 0 aromatic carbocycles. The molecule has 12 nitrogen and oxygen atoms in total. The Hall–Kier alpha value is -2.32. The molecule has 0 heterocycles. The van der Waals surface area contributed by atoms with Gasteiger partial charge in [-0.25, -0.2) is 0 Å². The zero-order chi connectivity index (χ0) is 40.7. The van der Waals surface area contributed by atoms with E-state index in [0.717, 1.165) is 32.3 Å². The van der Waals surface area contributed by atoms with Crippen LogP contribution in [0.15, 0.2) is 11.6 Å². The van der Waals surface area contributed by atoms with E-state index >= 15 is 0 Å². The molecule has 1 aliphatic rings. The van der Waals surface area contributed by atoms with Crippen LogP contribution >= 0.6 is 0 Å². The first-order valence-electron chi connectivity index (χ1n) is 19.3. The summed E-state index contributed by atoms with van der Waals surface area (Å²) in [6.07, 6.45) is 3.38. The van der Waals surface area contributed by atoms with Gasteiger partial charge in [0.2, 0.25) is 5.91 Å². The first-order valence-corrected chi connectivity index (χ1v) is 22.2. The van der Waals surface area contributed by atoms with Gasteiger partial charge in [0.15, 0.2) is 8.32 Å². The van der Waals surface area contributed by atoms with Crippen molar-refractivity contribution < 1.29 is 52.0 Å². The van der Waals surface area contributed by atoms with E-state index in [2.05, 4.69) is 39.2 Å². The van der Waals surface area contributed by atoms with Crippen molar-refractivity contribution in [1.29, 1.82) is 0 Å². The lowest BCUT2D eigenvalue weighted by molar-refractivity contribution is -0.166. The molecule has 1 N–H and O–H groups in total. The van der Waals surface area contributed by atoms with Crippen LogP contribution in [0, 0.1) is 0 Å². The average Bonchev–Trinajstić information content (AvgIpc) is 2.95. The average molecular weight is 772 g/mol. The first-order chi connectivity index (χ1) is 24.2. The van der Waals surface area contributed by atoms with E-state index < -0.39 is 61.3 Å². The summed E-state index contributed by atoms with van der Waals surface area (Å²) in [7, 11) is -1.76. The van der Waals surface area contributed by atoms with Crippen LogP contribution in [0.25, 0.3) is 0 Å². The molecule has 0 radical (unpaired) electrons. The highest BCUT2D eigenvalue weighted by atomic mass is 28.4. The quantitative estimate of drug-likeness (QED) is 0.0541. The summed E-state index contributed by atoms with van der Waals surface area (Å²) in [4.78, 5) is 50.9. The second-order valence-corrected chi connectivity index (χ2v) is 23.1. The summed E-state index contributed by atoms with van der Waals surface area (Å²) < 4.78 is 41.2. The smallest absolute Gasteiger partial charge is 0.308 e. The zero-order valence-corrected chi connectivity index (χ0v) is 36.5. The maximum atomic E-state index is 13.5. The molecule has 0 aromatic heterocycles. The van der Waals surface area contributed by atoms with Crippen LogP contribution in [0.2, 0.25) is 18.1 Å². The lowest BCUT2D eigenvalue weighted by atomic mass is 9.91. The Morgan fingerprint density at radius 2 is 1.09 bits per heavy atom. The number of hydrogen-bond donors (Lipinski definition) is 1. The fraction of sp³-hybridized carbons (Fsp3) is 0.850. The van der Waals surface area contributed by atoms with E-state index in [1.54, 1.807) is 68.4 Å². The lowest BCUT2D eigenvalue weighted by Gasteiger charge is -2.36. The van der Waals surface area contributed by atoms with Crippen LogP contribution in [0.3, 0.4) is 0 Å². The topological polar surface area (TPSA) is 145 Å². The third kappa shape index (κ3) is 22.0. The molecule has 3 atom stereocenters. The van der Waals surface area contributed by atoms with Gasteiger partial charge in [-0.15, -0.1) is 0 Å². The van der Waals surface area contributed by atoms with Gasteiger partial charge < -0.3 is 38.2 Å². The fourth-order valence-electron chi connectivity index (χ4n) is 5.04. The van der Waals surface area contributed by atoms with Crippen molar-refractivity contribution in [2.24, 2.45) is 0 Å². The normalized spacial score (nSPS) is 18.6. The molecule has 0 saturated carbocycles. The van der Waals surface area contributed by atoms with Gasteiger partial charge in [0, 0.05) is 25.1 Å². The third-order valence-electron chi connectivity index (χ3n) is 8.53. The Kier molecular flexibility index (Phi) is 19.9. The van der Waals surface area contributed by atoms with Crippen molar-refractivity contribution in [3.8, 4) is 0 Å². The lowest BCUT2D eigenvalue weighted by Crippen LogP contribution is -2.47. The highest BCUT2D eigenvalue weighted by Gasteiger charge is 2.39. The van der Waals surface area contributed by atoms with Crippen molar-refractivity contribution in [2.45, 2.75) is 188 Å². The number of carbonyl (C=O) groups excluding carboxylic acids is 4. The summed E-state index contributed by atoms with van der Waals surface area (Å²) in [5.41, 5.74) is -1.49. The number of amides is 1. The van der Waals surface area contributed by atoms with Crippen LogP contribution in [-0.2, 0) is 52.0 Å². The zero-order valence-electron chi connectivity index (χ0n) is 35.5. The number of nitrogens with one attached hydrogen (secondary N) is 1. The molecule has 0 unspecified atom stereocenters. The van der Waals surface area contributed by atoms with Crippen LogP contribution in [0.5, 0.6) is 0 Å². The number of ether oxygens (including phenoxy) is 6. The molecule has 53 heavy (non-hydrogen) atoms. The van der Waals surface area contributed by atoms with E-state index in [1.165, 1.54) is 0 Å². The summed E-state index contributed by atoms with van der Waals surface area (Å²) in [6, 6.07) is 0. The molecule has 0 bridgehead atoms. The van der Waals surface area contributed by atoms with Gasteiger partial charge in [0.1, 0.15) is 29.0 Å².